The largest absolute Gasteiger partial charge is 0.493 e. The van der Waals surface area contributed by atoms with Crippen LogP contribution < -0.4 is 9.47 Å². The first kappa shape index (κ1) is 28.3. The van der Waals surface area contributed by atoms with Gasteiger partial charge in [-0.3, -0.25) is 0 Å². The summed E-state index contributed by atoms with van der Waals surface area (Å²) in [5.74, 6) is 3.22. The zero-order chi connectivity index (χ0) is 27.9. The third-order valence-electron chi connectivity index (χ3n) is 8.79. The van der Waals surface area contributed by atoms with Crippen molar-refractivity contribution in [1.29, 1.82) is 0 Å². The number of hydrogen-bond acceptors (Lipinski definition) is 2. The van der Waals surface area contributed by atoms with Gasteiger partial charge in [0.1, 0.15) is 11.5 Å². The molecule has 5 aromatic rings. The van der Waals surface area contributed by atoms with E-state index in [-0.39, 0.29) is 0 Å². The maximum Gasteiger partial charge on any atom is 0.119 e. The maximum absolute atomic E-state index is 6.25. The van der Waals surface area contributed by atoms with Gasteiger partial charge in [0.05, 0.1) is 13.2 Å². The van der Waals surface area contributed by atoms with E-state index >= 15 is 0 Å². The Labute approximate surface area is 240 Å². The minimum Gasteiger partial charge on any atom is -0.493 e. The molecule has 2 unspecified atom stereocenters. The highest BCUT2D eigenvalue weighted by molar-refractivity contribution is 6.17. The van der Waals surface area contributed by atoms with Crippen LogP contribution in [-0.4, -0.2) is 13.2 Å². The summed E-state index contributed by atoms with van der Waals surface area (Å²) < 4.78 is 12.5. The Morgan fingerprint density at radius 2 is 0.875 bits per heavy atom. The SMILES string of the molecule is CCCCC(CC)COc1ccc2c(ccc3cc4c(ccc5cc(OCC(CC)CCCC)ccc54)cc32)c1. The molecule has 2 heteroatoms. The van der Waals surface area contributed by atoms with E-state index in [9.17, 15) is 0 Å². The van der Waals surface area contributed by atoms with Crippen molar-refractivity contribution in [2.75, 3.05) is 13.2 Å². The highest BCUT2D eigenvalue weighted by Crippen LogP contribution is 2.35. The summed E-state index contributed by atoms with van der Waals surface area (Å²) in [6, 6.07) is 26.9. The highest BCUT2D eigenvalue weighted by Gasteiger charge is 2.11. The van der Waals surface area contributed by atoms with Crippen LogP contribution in [0, 0.1) is 11.8 Å². The van der Waals surface area contributed by atoms with Gasteiger partial charge in [0.25, 0.3) is 0 Å². The van der Waals surface area contributed by atoms with E-state index in [0.29, 0.717) is 11.8 Å². The molecule has 0 saturated heterocycles. The normalized spacial score (nSPS) is 13.3. The molecular formula is C38H46O2. The molecule has 0 spiro atoms. The van der Waals surface area contributed by atoms with Crippen molar-refractivity contribution in [1.82, 2.24) is 0 Å². The first-order valence-electron chi connectivity index (χ1n) is 15.7. The lowest BCUT2D eigenvalue weighted by Crippen LogP contribution is -2.11. The number of rotatable bonds is 14. The van der Waals surface area contributed by atoms with Crippen LogP contribution in [0.4, 0.5) is 0 Å². The molecule has 40 heavy (non-hydrogen) atoms. The highest BCUT2D eigenvalue weighted by atomic mass is 16.5. The van der Waals surface area contributed by atoms with Crippen LogP contribution in [0.25, 0.3) is 43.1 Å². The first-order valence-corrected chi connectivity index (χ1v) is 15.7. The van der Waals surface area contributed by atoms with E-state index in [1.807, 2.05) is 0 Å². The summed E-state index contributed by atoms with van der Waals surface area (Å²) in [4.78, 5) is 0. The molecule has 0 bridgehead atoms. The second-order valence-corrected chi connectivity index (χ2v) is 11.6. The minimum absolute atomic E-state index is 0.634. The van der Waals surface area contributed by atoms with Gasteiger partial charge in [0, 0.05) is 0 Å². The van der Waals surface area contributed by atoms with Crippen LogP contribution in [0.2, 0.25) is 0 Å². The predicted octanol–water partition coefficient (Wildman–Crippen LogP) is 11.5. The first-order chi connectivity index (χ1) is 19.6. The Morgan fingerprint density at radius 3 is 1.25 bits per heavy atom. The zero-order valence-electron chi connectivity index (χ0n) is 25.0. The van der Waals surface area contributed by atoms with E-state index in [1.54, 1.807) is 0 Å². The lowest BCUT2D eigenvalue weighted by Gasteiger charge is -2.16. The number of unbranched alkanes of at least 4 members (excludes halogenated alkanes) is 2. The molecular weight excluding hydrogens is 488 g/mol. The third kappa shape index (κ3) is 6.38. The molecule has 0 aliphatic heterocycles. The predicted molar refractivity (Wildman–Crippen MR) is 174 cm³/mol. The Kier molecular flexibility index (Phi) is 9.47. The molecule has 5 aromatic carbocycles. The maximum atomic E-state index is 6.25. The van der Waals surface area contributed by atoms with Crippen molar-refractivity contribution in [2.45, 2.75) is 79.1 Å². The summed E-state index contributed by atoms with van der Waals surface area (Å²) in [5, 5.41) is 10.2. The van der Waals surface area contributed by atoms with Crippen molar-refractivity contribution in [3.8, 4) is 11.5 Å². The van der Waals surface area contributed by atoms with Gasteiger partial charge in [-0.2, -0.15) is 0 Å². The molecule has 0 aliphatic rings. The number of ether oxygens (including phenoxy) is 2. The Balaban J connectivity index is 1.40. The van der Waals surface area contributed by atoms with Crippen LogP contribution in [-0.2, 0) is 0 Å². The van der Waals surface area contributed by atoms with Gasteiger partial charge in [-0.15, -0.1) is 0 Å². The van der Waals surface area contributed by atoms with Crippen molar-refractivity contribution in [3.05, 3.63) is 72.8 Å². The molecule has 5 rings (SSSR count). The summed E-state index contributed by atoms with van der Waals surface area (Å²) >= 11 is 0. The Morgan fingerprint density at radius 1 is 0.475 bits per heavy atom. The monoisotopic (exact) mass is 534 g/mol. The van der Waals surface area contributed by atoms with Gasteiger partial charge in [0.2, 0.25) is 0 Å². The molecule has 0 saturated carbocycles. The van der Waals surface area contributed by atoms with E-state index in [2.05, 4.69) is 100 Å². The van der Waals surface area contributed by atoms with E-state index in [4.69, 9.17) is 9.47 Å². The standard InChI is InChI=1S/C38H46O2/c1-5-9-11-27(7-3)25-39-33-17-19-35-29(21-33)13-15-31-24-38-32(23-37(31)35)16-14-30-22-34(18-20-36(30)38)40-26-28(8-4)12-10-6-2/h13-24,27-28H,5-12,25-26H2,1-4H3. The van der Waals surface area contributed by atoms with Crippen LogP contribution in [0.1, 0.15) is 79.1 Å². The third-order valence-corrected chi connectivity index (χ3v) is 8.79. The second-order valence-electron chi connectivity index (χ2n) is 11.6. The van der Waals surface area contributed by atoms with Crippen molar-refractivity contribution in [2.24, 2.45) is 11.8 Å². The van der Waals surface area contributed by atoms with Gasteiger partial charge < -0.3 is 9.47 Å². The fraction of sp³-hybridized carbons (Fsp3) is 0.421. The molecule has 2 atom stereocenters. The lowest BCUT2D eigenvalue weighted by molar-refractivity contribution is 0.233. The molecule has 210 valence electrons. The van der Waals surface area contributed by atoms with Crippen molar-refractivity contribution < 1.29 is 9.47 Å². The summed E-state index contributed by atoms with van der Waals surface area (Å²) in [6.45, 7) is 10.7. The molecule has 0 aromatic heterocycles. The minimum atomic E-state index is 0.634. The van der Waals surface area contributed by atoms with Gasteiger partial charge in [-0.1, -0.05) is 103 Å². The van der Waals surface area contributed by atoms with E-state index < -0.39 is 0 Å². The zero-order valence-corrected chi connectivity index (χ0v) is 25.0. The summed E-state index contributed by atoms with van der Waals surface area (Å²) in [7, 11) is 0. The lowest BCUT2D eigenvalue weighted by atomic mass is 9.95. The Hall–Kier alpha value is -3.26. The van der Waals surface area contributed by atoms with Crippen LogP contribution >= 0.6 is 0 Å². The van der Waals surface area contributed by atoms with Crippen LogP contribution in [0.5, 0.6) is 11.5 Å². The van der Waals surface area contributed by atoms with Crippen LogP contribution in [0.3, 0.4) is 0 Å². The van der Waals surface area contributed by atoms with Gasteiger partial charge in [-0.05, 0) is 104 Å². The molecule has 0 heterocycles. The fourth-order valence-corrected chi connectivity index (χ4v) is 5.99. The van der Waals surface area contributed by atoms with E-state index in [1.165, 1.54) is 94.5 Å². The van der Waals surface area contributed by atoms with E-state index in [0.717, 1.165) is 24.7 Å². The average Bonchev–Trinajstić information content (AvgIpc) is 3.00. The van der Waals surface area contributed by atoms with Crippen molar-refractivity contribution in [3.63, 3.8) is 0 Å². The second kappa shape index (κ2) is 13.4. The number of fused-ring (bicyclic) bond motifs is 6. The number of hydrogen-bond donors (Lipinski definition) is 0. The van der Waals surface area contributed by atoms with Crippen molar-refractivity contribution >= 4 is 43.1 Å². The molecule has 2 nitrogen and oxygen atoms in total. The smallest absolute Gasteiger partial charge is 0.119 e. The fourth-order valence-electron chi connectivity index (χ4n) is 5.99. The molecule has 0 N–H and O–H groups in total. The Bertz CT molecular complexity index is 1450. The molecule has 0 fully saturated rings. The number of benzene rings is 5. The summed E-state index contributed by atoms with van der Waals surface area (Å²) in [6.07, 6.45) is 9.90. The van der Waals surface area contributed by atoms with Gasteiger partial charge in [0.15, 0.2) is 0 Å². The van der Waals surface area contributed by atoms with Crippen LogP contribution in [0.15, 0.2) is 72.8 Å². The summed E-state index contributed by atoms with van der Waals surface area (Å²) in [5.41, 5.74) is 0. The molecule has 0 aliphatic carbocycles. The van der Waals surface area contributed by atoms with Gasteiger partial charge >= 0.3 is 0 Å². The topological polar surface area (TPSA) is 18.5 Å². The molecule has 0 amide bonds. The molecule has 0 radical (unpaired) electrons. The van der Waals surface area contributed by atoms with Gasteiger partial charge in [-0.25, -0.2) is 0 Å². The average molecular weight is 535 g/mol. The quantitative estimate of drug-likeness (QED) is 0.104.